The van der Waals surface area contributed by atoms with Crippen LogP contribution in [0, 0.1) is 6.92 Å². The van der Waals surface area contributed by atoms with Crippen LogP contribution < -0.4 is 11.1 Å². The number of anilines is 1. The van der Waals surface area contributed by atoms with E-state index in [0.717, 1.165) is 27.9 Å². The van der Waals surface area contributed by atoms with Crippen molar-refractivity contribution in [3.8, 4) is 0 Å². The van der Waals surface area contributed by atoms with Gasteiger partial charge in [-0.2, -0.15) is 0 Å². The lowest BCUT2D eigenvalue weighted by atomic mass is 10.1. The van der Waals surface area contributed by atoms with Crippen molar-refractivity contribution < 1.29 is 9.53 Å². The first-order valence-electron chi connectivity index (χ1n) is 8.09. The summed E-state index contributed by atoms with van der Waals surface area (Å²) in [5.41, 5.74) is 9.77. The molecule has 0 fully saturated rings. The largest absolute Gasteiger partial charge is 0.397 e. The molecule has 0 aliphatic heterocycles. The number of thiophene rings is 1. The summed E-state index contributed by atoms with van der Waals surface area (Å²) >= 11 is 1.33. The topological polar surface area (TPSA) is 77.2 Å². The summed E-state index contributed by atoms with van der Waals surface area (Å²) in [5, 5.41) is 3.77. The second-order valence-corrected chi connectivity index (χ2v) is 6.87. The van der Waals surface area contributed by atoms with E-state index in [9.17, 15) is 4.79 Å². The Hall–Kier alpha value is -2.44. The van der Waals surface area contributed by atoms with Gasteiger partial charge in [-0.15, -0.1) is 11.3 Å². The second kappa shape index (κ2) is 7.63. The number of hydrogen-bond acceptors (Lipinski definition) is 5. The van der Waals surface area contributed by atoms with Gasteiger partial charge < -0.3 is 15.8 Å². The molecule has 0 saturated carbocycles. The highest BCUT2D eigenvalue weighted by Gasteiger charge is 2.19. The molecule has 0 aliphatic rings. The third-order valence-corrected chi connectivity index (χ3v) is 5.06. The van der Waals surface area contributed by atoms with Crippen LogP contribution in [-0.4, -0.2) is 24.5 Å². The van der Waals surface area contributed by atoms with Gasteiger partial charge in [-0.3, -0.25) is 4.79 Å². The van der Waals surface area contributed by atoms with Crippen LogP contribution in [0.5, 0.6) is 0 Å². The van der Waals surface area contributed by atoms with Gasteiger partial charge in [0.2, 0.25) is 0 Å². The monoisotopic (exact) mass is 355 g/mol. The van der Waals surface area contributed by atoms with Gasteiger partial charge in [0.05, 0.1) is 12.3 Å². The van der Waals surface area contributed by atoms with Crippen LogP contribution in [-0.2, 0) is 17.8 Å². The van der Waals surface area contributed by atoms with E-state index in [0.29, 0.717) is 23.7 Å². The number of ether oxygens (including phenoxy) is 1. The molecule has 0 saturated heterocycles. The Morgan fingerprint density at radius 3 is 2.80 bits per heavy atom. The van der Waals surface area contributed by atoms with Gasteiger partial charge in [0.15, 0.2) is 0 Å². The number of aromatic nitrogens is 1. The number of amides is 1. The quantitative estimate of drug-likeness (QED) is 0.711. The minimum absolute atomic E-state index is 0.155. The Balaban J connectivity index is 1.79. The molecular weight excluding hydrogens is 334 g/mol. The first kappa shape index (κ1) is 17.4. The predicted octanol–water partition coefficient (Wildman–Crippen LogP) is 3.31. The summed E-state index contributed by atoms with van der Waals surface area (Å²) in [6.45, 7) is 2.93. The standard InChI is InChI=1S/C19H21N3O2S/c1-12-10-14(11-24-2)15-16(20)17(25-19(15)22-12)18(23)21-9-8-13-6-4-3-5-7-13/h3-7,10H,8-9,11,20H2,1-2H3,(H,21,23). The number of aryl methyl sites for hydroxylation is 1. The van der Waals surface area contributed by atoms with Crippen molar-refractivity contribution >= 4 is 33.1 Å². The molecule has 3 aromatic rings. The Kier molecular flexibility index (Phi) is 5.31. The third kappa shape index (κ3) is 3.81. The van der Waals surface area contributed by atoms with Crippen LogP contribution in [0.15, 0.2) is 36.4 Å². The van der Waals surface area contributed by atoms with Crippen molar-refractivity contribution in [2.24, 2.45) is 0 Å². The fourth-order valence-corrected chi connectivity index (χ4v) is 3.92. The average Bonchev–Trinajstić information content (AvgIpc) is 2.92. The van der Waals surface area contributed by atoms with E-state index in [1.807, 2.05) is 43.3 Å². The van der Waals surface area contributed by atoms with Crippen LogP contribution in [0.25, 0.3) is 10.2 Å². The van der Waals surface area contributed by atoms with Gasteiger partial charge in [-0.05, 0) is 30.5 Å². The zero-order valence-electron chi connectivity index (χ0n) is 14.3. The smallest absolute Gasteiger partial charge is 0.263 e. The number of hydrogen-bond donors (Lipinski definition) is 2. The number of benzene rings is 1. The molecule has 25 heavy (non-hydrogen) atoms. The minimum atomic E-state index is -0.155. The van der Waals surface area contributed by atoms with Gasteiger partial charge in [0, 0.05) is 24.7 Å². The van der Waals surface area contributed by atoms with Crippen LogP contribution in [0.3, 0.4) is 0 Å². The first-order chi connectivity index (χ1) is 12.1. The molecule has 0 bridgehead atoms. The highest BCUT2D eigenvalue weighted by Crippen LogP contribution is 2.35. The van der Waals surface area contributed by atoms with E-state index in [2.05, 4.69) is 10.3 Å². The lowest BCUT2D eigenvalue weighted by molar-refractivity contribution is 0.0959. The van der Waals surface area contributed by atoms with Gasteiger partial charge in [0.25, 0.3) is 5.91 Å². The molecule has 1 amide bonds. The summed E-state index contributed by atoms with van der Waals surface area (Å²) in [5.74, 6) is -0.155. The molecule has 0 atom stereocenters. The molecule has 1 aromatic carbocycles. The molecule has 0 unspecified atom stereocenters. The van der Waals surface area contributed by atoms with E-state index < -0.39 is 0 Å². The molecule has 3 N–H and O–H groups in total. The Morgan fingerprint density at radius 2 is 2.08 bits per heavy atom. The SMILES string of the molecule is COCc1cc(C)nc2sc(C(=O)NCCc3ccccc3)c(N)c12. The first-order valence-corrected chi connectivity index (χ1v) is 8.91. The number of pyridine rings is 1. The Bertz CT molecular complexity index is 891. The van der Waals surface area contributed by atoms with Gasteiger partial charge in [0.1, 0.15) is 9.71 Å². The van der Waals surface area contributed by atoms with E-state index in [1.54, 1.807) is 7.11 Å². The lowest BCUT2D eigenvalue weighted by Crippen LogP contribution is -2.25. The molecule has 0 aliphatic carbocycles. The molecule has 130 valence electrons. The molecular formula is C19H21N3O2S. The van der Waals surface area contributed by atoms with Gasteiger partial charge in [-0.25, -0.2) is 4.98 Å². The maximum absolute atomic E-state index is 12.5. The number of carbonyl (C=O) groups excluding carboxylic acids is 1. The normalized spacial score (nSPS) is 11.0. The minimum Gasteiger partial charge on any atom is -0.397 e. The fourth-order valence-electron chi connectivity index (χ4n) is 2.82. The zero-order valence-corrected chi connectivity index (χ0v) is 15.2. The molecule has 5 nitrogen and oxygen atoms in total. The van der Waals surface area contributed by atoms with Crippen LogP contribution in [0.4, 0.5) is 5.69 Å². The number of fused-ring (bicyclic) bond motifs is 1. The Labute approximate surface area is 150 Å². The van der Waals surface area contributed by atoms with Crippen LogP contribution >= 0.6 is 11.3 Å². The predicted molar refractivity (Wildman–Crippen MR) is 102 cm³/mol. The molecule has 3 rings (SSSR count). The van der Waals surface area contributed by atoms with Gasteiger partial charge >= 0.3 is 0 Å². The highest BCUT2D eigenvalue weighted by molar-refractivity contribution is 7.21. The van der Waals surface area contributed by atoms with Crippen molar-refractivity contribution in [2.45, 2.75) is 20.0 Å². The third-order valence-electron chi connectivity index (χ3n) is 3.96. The summed E-state index contributed by atoms with van der Waals surface area (Å²) in [7, 11) is 1.64. The van der Waals surface area contributed by atoms with Gasteiger partial charge in [-0.1, -0.05) is 30.3 Å². The van der Waals surface area contributed by atoms with Crippen molar-refractivity contribution in [2.75, 3.05) is 19.4 Å². The van der Waals surface area contributed by atoms with E-state index in [-0.39, 0.29) is 5.91 Å². The zero-order chi connectivity index (χ0) is 17.8. The van der Waals surface area contributed by atoms with Crippen LogP contribution in [0.1, 0.15) is 26.5 Å². The molecule has 2 heterocycles. The molecule has 2 aromatic heterocycles. The fraction of sp³-hybridized carbons (Fsp3) is 0.263. The number of methoxy groups -OCH3 is 1. The number of nitrogens with zero attached hydrogens (tertiary/aromatic N) is 1. The molecule has 6 heteroatoms. The Morgan fingerprint density at radius 1 is 1.32 bits per heavy atom. The summed E-state index contributed by atoms with van der Waals surface area (Å²) < 4.78 is 5.25. The second-order valence-electron chi connectivity index (χ2n) is 5.87. The number of nitrogens with two attached hydrogens (primary N) is 1. The maximum Gasteiger partial charge on any atom is 0.263 e. The summed E-state index contributed by atoms with van der Waals surface area (Å²) in [6, 6.07) is 12.0. The van der Waals surface area contributed by atoms with Crippen LogP contribution in [0.2, 0.25) is 0 Å². The summed E-state index contributed by atoms with van der Waals surface area (Å²) in [6.07, 6.45) is 0.781. The van der Waals surface area contributed by atoms with E-state index >= 15 is 0 Å². The number of carbonyl (C=O) groups is 1. The van der Waals surface area contributed by atoms with E-state index in [1.165, 1.54) is 16.9 Å². The van der Waals surface area contributed by atoms with E-state index in [4.69, 9.17) is 10.5 Å². The highest BCUT2D eigenvalue weighted by atomic mass is 32.1. The molecule has 0 radical (unpaired) electrons. The van der Waals surface area contributed by atoms with Crippen molar-refractivity contribution in [1.29, 1.82) is 0 Å². The van der Waals surface area contributed by atoms with Crippen molar-refractivity contribution in [3.05, 3.63) is 58.1 Å². The average molecular weight is 355 g/mol. The molecule has 0 spiro atoms. The summed E-state index contributed by atoms with van der Waals surface area (Å²) in [4.78, 5) is 18.3. The maximum atomic E-state index is 12.5. The number of nitrogens with one attached hydrogen (secondary N) is 1. The van der Waals surface area contributed by atoms with Crippen molar-refractivity contribution in [1.82, 2.24) is 10.3 Å². The number of rotatable bonds is 6. The lowest BCUT2D eigenvalue weighted by Gasteiger charge is -2.06. The van der Waals surface area contributed by atoms with Crippen molar-refractivity contribution in [3.63, 3.8) is 0 Å². The number of nitrogen functional groups attached to an aromatic ring is 1.